The highest BCUT2D eigenvalue weighted by Crippen LogP contribution is 2.18. The summed E-state index contributed by atoms with van der Waals surface area (Å²) in [6.45, 7) is 6.67. The average Bonchev–Trinajstić information content (AvgIpc) is 3.43. The molecule has 0 aliphatic heterocycles. The molecule has 0 amide bonds. The first kappa shape index (κ1) is 74.6. The van der Waals surface area contributed by atoms with Gasteiger partial charge in [-0.15, -0.1) is 0 Å². The number of unbranched alkanes of at least 4 members (excludes halogenated alkanes) is 47. The van der Waals surface area contributed by atoms with Crippen molar-refractivity contribution in [3.63, 3.8) is 0 Å². The highest BCUT2D eigenvalue weighted by atomic mass is 16.6. The van der Waals surface area contributed by atoms with Gasteiger partial charge in [0.1, 0.15) is 13.2 Å². The Morgan fingerprint density at radius 2 is 0.468 bits per heavy atom. The van der Waals surface area contributed by atoms with Crippen molar-refractivity contribution in [3.8, 4) is 0 Å². The fourth-order valence-electron chi connectivity index (χ4n) is 10.4. The molecule has 0 saturated heterocycles. The lowest BCUT2D eigenvalue weighted by Crippen LogP contribution is -2.30. The van der Waals surface area contributed by atoms with Crippen LogP contribution < -0.4 is 0 Å². The molecule has 0 saturated carbocycles. The van der Waals surface area contributed by atoms with Crippen LogP contribution in [0, 0.1) is 0 Å². The molecule has 0 rings (SSSR count). The van der Waals surface area contributed by atoms with E-state index < -0.39 is 6.10 Å². The molecule has 0 aliphatic carbocycles. The zero-order chi connectivity index (χ0) is 55.7. The normalized spacial score (nSPS) is 12.2. The van der Waals surface area contributed by atoms with Gasteiger partial charge in [0.15, 0.2) is 6.10 Å². The summed E-state index contributed by atoms with van der Waals surface area (Å²) >= 11 is 0. The fraction of sp³-hybridized carbons (Fsp3) is 0.873. The standard InChI is InChI=1S/C71H132O6/c1-4-7-10-13-16-19-22-25-28-30-32-33-34-35-36-37-38-39-41-43-46-49-52-55-58-61-64-70(73)76-67-68(66-75-69(72)63-60-57-54-51-48-45-42-27-24-21-18-15-12-9-6-3)77-71(74)65-62-59-56-53-50-47-44-40-31-29-26-23-20-17-14-11-8-5-2/h18,21,27,29,31,42,68H,4-17,19-20,22-26,28,30,32-41,43-67H2,1-3H3/b21-18-,31-29-,42-27-. The van der Waals surface area contributed by atoms with E-state index in [4.69, 9.17) is 14.2 Å². The van der Waals surface area contributed by atoms with Crippen LogP contribution in [0.1, 0.15) is 380 Å². The van der Waals surface area contributed by atoms with E-state index in [1.807, 2.05) is 0 Å². The molecule has 0 aromatic heterocycles. The highest BCUT2D eigenvalue weighted by molar-refractivity contribution is 5.71. The number of allylic oxidation sites excluding steroid dienone is 6. The Hall–Kier alpha value is -2.37. The first-order chi connectivity index (χ1) is 38.0. The van der Waals surface area contributed by atoms with Gasteiger partial charge >= 0.3 is 17.9 Å². The topological polar surface area (TPSA) is 78.9 Å². The molecule has 0 aromatic rings. The minimum absolute atomic E-state index is 0.0741. The minimum Gasteiger partial charge on any atom is -0.462 e. The van der Waals surface area contributed by atoms with E-state index in [0.717, 1.165) is 77.0 Å². The van der Waals surface area contributed by atoms with Gasteiger partial charge < -0.3 is 14.2 Å². The van der Waals surface area contributed by atoms with Gasteiger partial charge in [0, 0.05) is 19.3 Å². The van der Waals surface area contributed by atoms with Crippen LogP contribution in [-0.2, 0) is 28.6 Å². The Bertz CT molecular complexity index is 1290. The van der Waals surface area contributed by atoms with Gasteiger partial charge in [0.2, 0.25) is 0 Å². The number of hydrogen-bond donors (Lipinski definition) is 0. The van der Waals surface area contributed by atoms with Gasteiger partial charge in [-0.05, 0) is 77.0 Å². The van der Waals surface area contributed by atoms with E-state index in [1.165, 1.54) is 263 Å². The molecule has 0 bridgehead atoms. The summed E-state index contributed by atoms with van der Waals surface area (Å²) in [5.74, 6) is -0.867. The maximum Gasteiger partial charge on any atom is 0.306 e. The summed E-state index contributed by atoms with van der Waals surface area (Å²) in [5, 5.41) is 0. The van der Waals surface area contributed by atoms with E-state index in [-0.39, 0.29) is 31.1 Å². The number of ether oxygens (including phenoxy) is 3. The zero-order valence-corrected chi connectivity index (χ0v) is 52.0. The summed E-state index contributed by atoms with van der Waals surface area (Å²) in [6, 6.07) is 0. The van der Waals surface area contributed by atoms with Crippen molar-refractivity contribution in [2.24, 2.45) is 0 Å². The lowest BCUT2D eigenvalue weighted by atomic mass is 10.0. The van der Waals surface area contributed by atoms with Crippen LogP contribution in [0.3, 0.4) is 0 Å². The predicted molar refractivity (Wildman–Crippen MR) is 335 cm³/mol. The van der Waals surface area contributed by atoms with Crippen molar-refractivity contribution in [1.29, 1.82) is 0 Å². The van der Waals surface area contributed by atoms with Gasteiger partial charge in [-0.1, -0.05) is 320 Å². The Labute approximate surface area is 480 Å². The molecule has 0 fully saturated rings. The second kappa shape index (κ2) is 66.1. The highest BCUT2D eigenvalue weighted by Gasteiger charge is 2.19. The van der Waals surface area contributed by atoms with Crippen LogP contribution in [-0.4, -0.2) is 37.2 Å². The van der Waals surface area contributed by atoms with Gasteiger partial charge in [0.25, 0.3) is 0 Å². The van der Waals surface area contributed by atoms with E-state index in [1.54, 1.807) is 0 Å². The number of carbonyl (C=O) groups is 3. The molecule has 6 heteroatoms. The maximum atomic E-state index is 12.9. The summed E-state index contributed by atoms with van der Waals surface area (Å²) in [5.41, 5.74) is 0. The summed E-state index contributed by atoms with van der Waals surface area (Å²) in [7, 11) is 0. The minimum atomic E-state index is -0.779. The molecule has 0 spiro atoms. The predicted octanol–water partition coefficient (Wildman–Crippen LogP) is 23.6. The third-order valence-electron chi connectivity index (χ3n) is 15.6. The molecular formula is C71H132O6. The number of rotatable bonds is 64. The van der Waals surface area contributed by atoms with Crippen molar-refractivity contribution in [2.75, 3.05) is 13.2 Å². The molecular weight excluding hydrogens is 949 g/mol. The van der Waals surface area contributed by atoms with Crippen LogP contribution in [0.15, 0.2) is 36.5 Å². The Balaban J connectivity index is 4.25. The van der Waals surface area contributed by atoms with E-state index in [2.05, 4.69) is 57.2 Å². The van der Waals surface area contributed by atoms with Gasteiger partial charge in [0.05, 0.1) is 0 Å². The monoisotopic (exact) mass is 1080 g/mol. The largest absolute Gasteiger partial charge is 0.462 e. The quantitative estimate of drug-likeness (QED) is 0.0261. The fourth-order valence-corrected chi connectivity index (χ4v) is 10.4. The van der Waals surface area contributed by atoms with Crippen molar-refractivity contribution in [3.05, 3.63) is 36.5 Å². The number of carbonyl (C=O) groups excluding carboxylic acids is 3. The first-order valence-corrected chi connectivity index (χ1v) is 34.5. The summed E-state index contributed by atoms with van der Waals surface area (Å²) < 4.78 is 17.0. The molecule has 6 nitrogen and oxygen atoms in total. The van der Waals surface area contributed by atoms with Crippen LogP contribution in [0.2, 0.25) is 0 Å². The first-order valence-electron chi connectivity index (χ1n) is 34.5. The Morgan fingerprint density at radius 1 is 0.260 bits per heavy atom. The zero-order valence-electron chi connectivity index (χ0n) is 52.0. The van der Waals surface area contributed by atoms with Crippen molar-refractivity contribution < 1.29 is 28.6 Å². The lowest BCUT2D eigenvalue weighted by molar-refractivity contribution is -0.167. The SMILES string of the molecule is CCCCC/C=C\C/C=C\CCCCCCCC(=O)OCC(COC(=O)CCCCCCCCCCCCCCCCCCCCCCCCCCCC)OC(=O)CCCCCCCCC/C=C\CCCCCCCCC. The van der Waals surface area contributed by atoms with Gasteiger partial charge in [-0.3, -0.25) is 14.4 Å². The van der Waals surface area contributed by atoms with Crippen molar-refractivity contribution >= 4 is 17.9 Å². The number of esters is 3. The van der Waals surface area contributed by atoms with E-state index in [0.29, 0.717) is 19.3 Å². The molecule has 0 heterocycles. The molecule has 0 aliphatic rings. The van der Waals surface area contributed by atoms with Gasteiger partial charge in [-0.25, -0.2) is 0 Å². The van der Waals surface area contributed by atoms with Crippen molar-refractivity contribution in [1.82, 2.24) is 0 Å². The molecule has 0 radical (unpaired) electrons. The summed E-state index contributed by atoms with van der Waals surface area (Å²) in [4.78, 5) is 38.4. The molecule has 77 heavy (non-hydrogen) atoms. The van der Waals surface area contributed by atoms with E-state index in [9.17, 15) is 14.4 Å². The Morgan fingerprint density at radius 3 is 0.753 bits per heavy atom. The smallest absolute Gasteiger partial charge is 0.306 e. The van der Waals surface area contributed by atoms with Crippen LogP contribution in [0.5, 0.6) is 0 Å². The Kier molecular flexibility index (Phi) is 64.1. The molecule has 0 N–H and O–H groups in total. The molecule has 1 atom stereocenters. The second-order valence-corrected chi connectivity index (χ2v) is 23.4. The maximum absolute atomic E-state index is 12.9. The van der Waals surface area contributed by atoms with E-state index >= 15 is 0 Å². The van der Waals surface area contributed by atoms with Crippen LogP contribution in [0.4, 0.5) is 0 Å². The third kappa shape index (κ3) is 64.3. The summed E-state index contributed by atoms with van der Waals surface area (Å²) in [6.07, 6.45) is 81.7. The molecule has 1 unspecified atom stereocenters. The van der Waals surface area contributed by atoms with Gasteiger partial charge in [-0.2, -0.15) is 0 Å². The van der Waals surface area contributed by atoms with Crippen LogP contribution in [0.25, 0.3) is 0 Å². The molecule has 452 valence electrons. The lowest BCUT2D eigenvalue weighted by Gasteiger charge is -2.18. The van der Waals surface area contributed by atoms with Crippen molar-refractivity contribution in [2.45, 2.75) is 386 Å². The number of hydrogen-bond acceptors (Lipinski definition) is 6. The van der Waals surface area contributed by atoms with Crippen LogP contribution >= 0.6 is 0 Å². The second-order valence-electron chi connectivity index (χ2n) is 23.4. The average molecular weight is 1080 g/mol. The molecule has 0 aromatic carbocycles. The third-order valence-corrected chi connectivity index (χ3v) is 15.6.